The standard InChI is InChI=1S/C13H21N3O2/c1-3-13(4-2,12(17)18)9-11-15-14-10-7-5-6-8-16(10)11/h3-9H2,1-2H3,(H,17,18). The summed E-state index contributed by atoms with van der Waals surface area (Å²) >= 11 is 0. The van der Waals surface area contributed by atoms with Crippen LogP contribution in [0, 0.1) is 5.41 Å². The van der Waals surface area contributed by atoms with Gasteiger partial charge in [0.15, 0.2) is 0 Å². The molecule has 0 saturated heterocycles. The van der Waals surface area contributed by atoms with E-state index in [0.717, 1.165) is 37.5 Å². The van der Waals surface area contributed by atoms with E-state index in [1.54, 1.807) is 0 Å². The van der Waals surface area contributed by atoms with E-state index >= 15 is 0 Å². The summed E-state index contributed by atoms with van der Waals surface area (Å²) in [6.45, 7) is 4.80. The van der Waals surface area contributed by atoms with Crippen LogP contribution in [-0.4, -0.2) is 25.8 Å². The highest BCUT2D eigenvalue weighted by atomic mass is 16.4. The molecule has 1 aromatic heterocycles. The van der Waals surface area contributed by atoms with Crippen molar-refractivity contribution in [3.63, 3.8) is 0 Å². The van der Waals surface area contributed by atoms with E-state index in [9.17, 15) is 9.90 Å². The Kier molecular flexibility index (Phi) is 3.68. The maximum atomic E-state index is 11.5. The Balaban J connectivity index is 2.27. The van der Waals surface area contributed by atoms with Crippen molar-refractivity contribution in [2.45, 2.75) is 58.9 Å². The number of fused-ring (bicyclic) bond motifs is 1. The Morgan fingerprint density at radius 3 is 2.67 bits per heavy atom. The predicted octanol–water partition coefficient (Wildman–Crippen LogP) is 2.05. The van der Waals surface area contributed by atoms with Crippen LogP contribution < -0.4 is 0 Å². The van der Waals surface area contributed by atoms with E-state index in [4.69, 9.17) is 0 Å². The van der Waals surface area contributed by atoms with Gasteiger partial charge >= 0.3 is 5.97 Å². The third-order valence-electron chi connectivity index (χ3n) is 4.24. The smallest absolute Gasteiger partial charge is 0.310 e. The third-order valence-corrected chi connectivity index (χ3v) is 4.24. The van der Waals surface area contributed by atoms with Crippen LogP contribution in [0.25, 0.3) is 0 Å². The van der Waals surface area contributed by atoms with Crippen molar-refractivity contribution < 1.29 is 9.90 Å². The van der Waals surface area contributed by atoms with Gasteiger partial charge in [0.05, 0.1) is 5.41 Å². The van der Waals surface area contributed by atoms with Crippen LogP contribution >= 0.6 is 0 Å². The molecule has 1 aromatic rings. The van der Waals surface area contributed by atoms with E-state index in [1.165, 1.54) is 0 Å². The van der Waals surface area contributed by atoms with Crippen LogP contribution in [0.5, 0.6) is 0 Å². The molecule has 2 heterocycles. The quantitative estimate of drug-likeness (QED) is 0.869. The number of carboxylic acid groups (broad SMARTS) is 1. The fourth-order valence-electron chi connectivity index (χ4n) is 2.68. The van der Waals surface area contributed by atoms with E-state index in [0.29, 0.717) is 19.3 Å². The van der Waals surface area contributed by atoms with Gasteiger partial charge in [-0.05, 0) is 25.7 Å². The number of hydrogen-bond donors (Lipinski definition) is 1. The minimum Gasteiger partial charge on any atom is -0.481 e. The first kappa shape index (κ1) is 13.1. The minimum atomic E-state index is -0.722. The summed E-state index contributed by atoms with van der Waals surface area (Å²) in [6, 6.07) is 0. The average molecular weight is 251 g/mol. The highest BCUT2D eigenvalue weighted by molar-refractivity contribution is 5.74. The lowest BCUT2D eigenvalue weighted by molar-refractivity contribution is -0.149. The number of aryl methyl sites for hydroxylation is 1. The van der Waals surface area contributed by atoms with Gasteiger partial charge in [-0.1, -0.05) is 13.8 Å². The molecule has 5 nitrogen and oxygen atoms in total. The van der Waals surface area contributed by atoms with Gasteiger partial charge in [0.25, 0.3) is 0 Å². The van der Waals surface area contributed by atoms with Crippen LogP contribution in [0.4, 0.5) is 0 Å². The van der Waals surface area contributed by atoms with Crippen LogP contribution in [0.1, 0.15) is 51.2 Å². The van der Waals surface area contributed by atoms with Gasteiger partial charge in [0, 0.05) is 19.4 Å². The van der Waals surface area contributed by atoms with Gasteiger partial charge in [-0.2, -0.15) is 0 Å². The number of hydrogen-bond acceptors (Lipinski definition) is 3. The van der Waals surface area contributed by atoms with Crippen molar-refractivity contribution in [2.75, 3.05) is 0 Å². The second-order valence-corrected chi connectivity index (χ2v) is 5.11. The highest BCUT2D eigenvalue weighted by Gasteiger charge is 2.37. The summed E-state index contributed by atoms with van der Waals surface area (Å²) in [4.78, 5) is 11.5. The lowest BCUT2D eigenvalue weighted by Crippen LogP contribution is -2.33. The average Bonchev–Trinajstić information content (AvgIpc) is 2.79. The van der Waals surface area contributed by atoms with Crippen LogP contribution in [0.3, 0.4) is 0 Å². The molecule has 0 spiro atoms. The second kappa shape index (κ2) is 5.08. The molecule has 5 heteroatoms. The lowest BCUT2D eigenvalue weighted by Gasteiger charge is -2.26. The fraction of sp³-hybridized carbons (Fsp3) is 0.769. The lowest BCUT2D eigenvalue weighted by atomic mass is 9.79. The molecule has 0 radical (unpaired) electrons. The molecular formula is C13H21N3O2. The maximum Gasteiger partial charge on any atom is 0.310 e. The van der Waals surface area contributed by atoms with Gasteiger partial charge < -0.3 is 9.67 Å². The number of aliphatic carboxylic acids is 1. The Labute approximate surface area is 107 Å². The molecule has 100 valence electrons. The number of carboxylic acids is 1. The first-order chi connectivity index (χ1) is 8.63. The molecule has 0 saturated carbocycles. The first-order valence-electron chi connectivity index (χ1n) is 6.77. The Bertz CT molecular complexity index is 435. The van der Waals surface area contributed by atoms with Crippen molar-refractivity contribution >= 4 is 5.97 Å². The SMILES string of the molecule is CCC(CC)(Cc1nnc2n1CCCC2)C(=O)O. The molecule has 0 bridgehead atoms. The minimum absolute atomic E-state index is 0.488. The molecule has 0 unspecified atom stereocenters. The molecule has 0 atom stereocenters. The molecule has 1 aliphatic rings. The largest absolute Gasteiger partial charge is 0.481 e. The zero-order valence-corrected chi connectivity index (χ0v) is 11.1. The van der Waals surface area contributed by atoms with E-state index in [2.05, 4.69) is 14.8 Å². The predicted molar refractivity (Wildman–Crippen MR) is 67.3 cm³/mol. The molecule has 0 aromatic carbocycles. The van der Waals surface area contributed by atoms with E-state index in [1.807, 2.05) is 13.8 Å². The van der Waals surface area contributed by atoms with Crippen molar-refractivity contribution in [3.8, 4) is 0 Å². The normalized spacial score (nSPS) is 15.4. The number of rotatable bonds is 5. The topological polar surface area (TPSA) is 68.0 Å². The summed E-state index contributed by atoms with van der Waals surface area (Å²) in [7, 11) is 0. The van der Waals surface area contributed by atoms with Crippen molar-refractivity contribution in [1.29, 1.82) is 0 Å². The van der Waals surface area contributed by atoms with E-state index in [-0.39, 0.29) is 0 Å². The van der Waals surface area contributed by atoms with Crippen molar-refractivity contribution in [3.05, 3.63) is 11.6 Å². The summed E-state index contributed by atoms with van der Waals surface area (Å²) in [5, 5.41) is 17.9. The molecule has 0 aliphatic carbocycles. The molecule has 18 heavy (non-hydrogen) atoms. The first-order valence-corrected chi connectivity index (χ1v) is 6.77. The Morgan fingerprint density at radius 2 is 2.06 bits per heavy atom. The molecular weight excluding hydrogens is 230 g/mol. The maximum absolute atomic E-state index is 11.5. The Hall–Kier alpha value is -1.39. The number of carbonyl (C=O) groups is 1. The molecule has 2 rings (SSSR count). The molecule has 0 amide bonds. The monoisotopic (exact) mass is 251 g/mol. The second-order valence-electron chi connectivity index (χ2n) is 5.11. The summed E-state index contributed by atoms with van der Waals surface area (Å²) in [6.07, 6.45) is 5.00. The Morgan fingerprint density at radius 1 is 1.33 bits per heavy atom. The van der Waals surface area contributed by atoms with Gasteiger partial charge in [-0.15, -0.1) is 10.2 Å². The fourth-order valence-corrected chi connectivity index (χ4v) is 2.68. The molecule has 1 N–H and O–H groups in total. The van der Waals surface area contributed by atoms with Gasteiger partial charge in [-0.3, -0.25) is 4.79 Å². The van der Waals surface area contributed by atoms with E-state index < -0.39 is 11.4 Å². The van der Waals surface area contributed by atoms with Gasteiger partial charge in [0.2, 0.25) is 0 Å². The van der Waals surface area contributed by atoms with Crippen LogP contribution in [0.15, 0.2) is 0 Å². The molecule has 1 aliphatic heterocycles. The summed E-state index contributed by atoms with van der Waals surface area (Å²) in [5.41, 5.74) is -0.693. The highest BCUT2D eigenvalue weighted by Crippen LogP contribution is 2.31. The van der Waals surface area contributed by atoms with Crippen molar-refractivity contribution in [2.24, 2.45) is 5.41 Å². The number of nitrogens with zero attached hydrogens (tertiary/aromatic N) is 3. The third kappa shape index (κ3) is 2.13. The van der Waals surface area contributed by atoms with Gasteiger partial charge in [-0.25, -0.2) is 0 Å². The molecule has 0 fully saturated rings. The zero-order chi connectivity index (χ0) is 13.2. The van der Waals surface area contributed by atoms with Crippen molar-refractivity contribution in [1.82, 2.24) is 14.8 Å². The van der Waals surface area contributed by atoms with Crippen LogP contribution in [0.2, 0.25) is 0 Å². The van der Waals surface area contributed by atoms with Gasteiger partial charge in [0.1, 0.15) is 11.6 Å². The summed E-state index contributed by atoms with van der Waals surface area (Å²) < 4.78 is 2.12. The summed E-state index contributed by atoms with van der Waals surface area (Å²) in [5.74, 6) is 1.14. The zero-order valence-electron chi connectivity index (χ0n) is 11.1. The number of aromatic nitrogens is 3. The van der Waals surface area contributed by atoms with Crippen LogP contribution in [-0.2, 0) is 24.2 Å².